The molecule has 1 heterocycles. The normalized spacial score (nSPS) is 10.6. The SMILES string of the molecule is O=C(Nc1cccc(C(=O)Nc2cccc3cn[nH]c23)c1)c1ccc(F)cc1. The lowest BCUT2D eigenvalue weighted by molar-refractivity contribution is 0.101. The zero-order chi connectivity index (χ0) is 19.5. The molecule has 4 rings (SSSR count). The standard InChI is InChI=1S/C21H15FN4O2/c22-16-9-7-13(8-10-16)20(27)24-17-5-1-3-14(11-17)21(28)25-18-6-2-4-15-12-23-26-19(15)18/h1-12H,(H,23,26)(H,24,27)(H,25,28). The Kier molecular flexibility index (Phi) is 4.55. The number of nitrogens with one attached hydrogen (secondary N) is 3. The predicted molar refractivity (Wildman–Crippen MR) is 105 cm³/mol. The van der Waals surface area contributed by atoms with Gasteiger partial charge in [-0.25, -0.2) is 4.39 Å². The van der Waals surface area contributed by atoms with Crippen molar-refractivity contribution in [1.29, 1.82) is 0 Å². The summed E-state index contributed by atoms with van der Waals surface area (Å²) < 4.78 is 13.0. The lowest BCUT2D eigenvalue weighted by atomic mass is 10.1. The van der Waals surface area contributed by atoms with E-state index in [0.29, 0.717) is 22.5 Å². The smallest absolute Gasteiger partial charge is 0.255 e. The maximum Gasteiger partial charge on any atom is 0.255 e. The average Bonchev–Trinajstić information content (AvgIpc) is 3.18. The van der Waals surface area contributed by atoms with Crippen LogP contribution < -0.4 is 10.6 Å². The van der Waals surface area contributed by atoms with Crippen molar-refractivity contribution in [3.8, 4) is 0 Å². The summed E-state index contributed by atoms with van der Waals surface area (Å²) in [5.41, 5.74) is 2.51. The van der Waals surface area contributed by atoms with Crippen LogP contribution in [0.2, 0.25) is 0 Å². The van der Waals surface area contributed by atoms with E-state index in [9.17, 15) is 14.0 Å². The molecule has 6 nitrogen and oxygen atoms in total. The molecule has 0 spiro atoms. The summed E-state index contributed by atoms with van der Waals surface area (Å²) in [4.78, 5) is 24.9. The molecule has 3 aromatic carbocycles. The summed E-state index contributed by atoms with van der Waals surface area (Å²) in [6, 6.07) is 17.3. The van der Waals surface area contributed by atoms with E-state index in [1.165, 1.54) is 24.3 Å². The van der Waals surface area contributed by atoms with Crippen LogP contribution in [0.3, 0.4) is 0 Å². The first-order valence-corrected chi connectivity index (χ1v) is 8.50. The molecule has 0 aliphatic carbocycles. The lowest BCUT2D eigenvalue weighted by Crippen LogP contribution is -2.15. The number of fused-ring (bicyclic) bond motifs is 1. The lowest BCUT2D eigenvalue weighted by Gasteiger charge is -2.09. The van der Waals surface area contributed by atoms with E-state index in [0.717, 1.165) is 10.9 Å². The molecule has 0 aliphatic rings. The van der Waals surface area contributed by atoms with E-state index >= 15 is 0 Å². The number of rotatable bonds is 4. The van der Waals surface area contributed by atoms with Crippen LogP contribution in [0.4, 0.5) is 15.8 Å². The first-order valence-electron chi connectivity index (χ1n) is 8.50. The molecule has 1 aromatic heterocycles. The minimum absolute atomic E-state index is 0.319. The van der Waals surface area contributed by atoms with Crippen LogP contribution in [-0.2, 0) is 0 Å². The third-order valence-corrected chi connectivity index (χ3v) is 4.21. The van der Waals surface area contributed by atoms with Crippen molar-refractivity contribution in [1.82, 2.24) is 10.2 Å². The van der Waals surface area contributed by atoms with Gasteiger partial charge in [0.25, 0.3) is 11.8 Å². The van der Waals surface area contributed by atoms with E-state index in [2.05, 4.69) is 20.8 Å². The Morgan fingerprint density at radius 1 is 0.857 bits per heavy atom. The van der Waals surface area contributed by atoms with Crippen LogP contribution in [0, 0.1) is 5.82 Å². The van der Waals surface area contributed by atoms with Crippen molar-refractivity contribution in [2.75, 3.05) is 10.6 Å². The summed E-state index contributed by atoms with van der Waals surface area (Å²) in [6.45, 7) is 0. The Labute approximate surface area is 159 Å². The molecule has 0 radical (unpaired) electrons. The molecule has 3 N–H and O–H groups in total. The van der Waals surface area contributed by atoms with Crippen LogP contribution in [-0.4, -0.2) is 22.0 Å². The van der Waals surface area contributed by atoms with Crippen molar-refractivity contribution in [3.05, 3.63) is 89.9 Å². The van der Waals surface area contributed by atoms with Gasteiger partial charge < -0.3 is 10.6 Å². The number of amides is 2. The van der Waals surface area contributed by atoms with Crippen molar-refractivity contribution < 1.29 is 14.0 Å². The van der Waals surface area contributed by atoms with Crippen molar-refractivity contribution >= 4 is 34.1 Å². The number of carbonyl (C=O) groups excluding carboxylic acids is 2. The molecule has 0 fully saturated rings. The van der Waals surface area contributed by atoms with E-state index in [4.69, 9.17) is 0 Å². The topological polar surface area (TPSA) is 86.9 Å². The zero-order valence-corrected chi connectivity index (χ0v) is 14.6. The Hall–Kier alpha value is -4.00. The largest absolute Gasteiger partial charge is 0.322 e. The Morgan fingerprint density at radius 2 is 1.61 bits per heavy atom. The molecule has 0 unspecified atom stereocenters. The van der Waals surface area contributed by atoms with Gasteiger partial charge in [0, 0.05) is 22.2 Å². The highest BCUT2D eigenvalue weighted by molar-refractivity contribution is 6.09. The number of H-pyrrole nitrogens is 1. The summed E-state index contributed by atoms with van der Waals surface area (Å²) >= 11 is 0. The molecule has 2 amide bonds. The van der Waals surface area contributed by atoms with Gasteiger partial charge in [0.15, 0.2) is 0 Å². The maximum atomic E-state index is 13.0. The number of hydrogen-bond donors (Lipinski definition) is 3. The summed E-state index contributed by atoms with van der Waals surface area (Å²) in [6.07, 6.45) is 1.68. The number of nitrogens with zero attached hydrogens (tertiary/aromatic N) is 1. The molecule has 28 heavy (non-hydrogen) atoms. The molecule has 138 valence electrons. The van der Waals surface area contributed by atoms with Crippen LogP contribution in [0.5, 0.6) is 0 Å². The highest BCUT2D eigenvalue weighted by Gasteiger charge is 2.11. The van der Waals surface area contributed by atoms with Crippen LogP contribution in [0.25, 0.3) is 10.9 Å². The van der Waals surface area contributed by atoms with Gasteiger partial charge in [-0.3, -0.25) is 14.7 Å². The first kappa shape index (κ1) is 17.4. The predicted octanol–water partition coefficient (Wildman–Crippen LogP) is 4.21. The van der Waals surface area contributed by atoms with Gasteiger partial charge in [-0.15, -0.1) is 0 Å². The minimum atomic E-state index is -0.414. The molecule has 0 aliphatic heterocycles. The van der Waals surface area contributed by atoms with Crippen LogP contribution in [0.15, 0.2) is 72.9 Å². The molecule has 7 heteroatoms. The number of halogens is 1. The number of aromatic amines is 1. The number of anilines is 2. The van der Waals surface area contributed by atoms with Gasteiger partial charge in [0.2, 0.25) is 0 Å². The zero-order valence-electron chi connectivity index (χ0n) is 14.6. The van der Waals surface area contributed by atoms with Gasteiger partial charge in [0.1, 0.15) is 5.82 Å². The molecule has 0 atom stereocenters. The second kappa shape index (κ2) is 7.32. The Bertz CT molecular complexity index is 1170. The molecular weight excluding hydrogens is 359 g/mol. The fourth-order valence-corrected chi connectivity index (χ4v) is 2.81. The highest BCUT2D eigenvalue weighted by atomic mass is 19.1. The molecule has 0 saturated carbocycles. The van der Waals surface area contributed by atoms with Gasteiger partial charge in [0.05, 0.1) is 17.4 Å². The third-order valence-electron chi connectivity index (χ3n) is 4.21. The van der Waals surface area contributed by atoms with Crippen LogP contribution in [0.1, 0.15) is 20.7 Å². The fourth-order valence-electron chi connectivity index (χ4n) is 2.81. The Balaban J connectivity index is 1.51. The van der Waals surface area contributed by atoms with Crippen LogP contribution >= 0.6 is 0 Å². The third kappa shape index (κ3) is 3.59. The fraction of sp³-hybridized carbons (Fsp3) is 0. The summed E-state index contributed by atoms with van der Waals surface area (Å²) in [7, 11) is 0. The highest BCUT2D eigenvalue weighted by Crippen LogP contribution is 2.21. The molecule has 0 saturated heterocycles. The number of aromatic nitrogens is 2. The number of benzene rings is 3. The summed E-state index contributed by atoms with van der Waals surface area (Å²) in [5, 5.41) is 13.3. The Morgan fingerprint density at radius 3 is 2.43 bits per heavy atom. The van der Waals surface area contributed by atoms with E-state index in [-0.39, 0.29) is 11.8 Å². The second-order valence-corrected chi connectivity index (χ2v) is 6.14. The molecule has 0 bridgehead atoms. The average molecular weight is 374 g/mol. The van der Waals surface area contributed by atoms with Crippen molar-refractivity contribution in [2.24, 2.45) is 0 Å². The quantitative estimate of drug-likeness (QED) is 0.500. The first-order chi connectivity index (χ1) is 13.6. The second-order valence-electron chi connectivity index (χ2n) is 6.14. The van der Waals surface area contributed by atoms with E-state index < -0.39 is 5.82 Å². The maximum absolute atomic E-state index is 13.0. The van der Waals surface area contributed by atoms with Gasteiger partial charge >= 0.3 is 0 Å². The molecule has 4 aromatic rings. The number of hydrogen-bond acceptors (Lipinski definition) is 3. The van der Waals surface area contributed by atoms with Gasteiger partial charge in [-0.1, -0.05) is 18.2 Å². The van der Waals surface area contributed by atoms with Gasteiger partial charge in [-0.2, -0.15) is 5.10 Å². The van der Waals surface area contributed by atoms with E-state index in [1.54, 1.807) is 36.5 Å². The van der Waals surface area contributed by atoms with E-state index in [1.807, 2.05) is 12.1 Å². The van der Waals surface area contributed by atoms with Gasteiger partial charge in [-0.05, 0) is 48.5 Å². The molecular formula is C21H15FN4O2. The number of para-hydroxylation sites is 1. The minimum Gasteiger partial charge on any atom is -0.322 e. The van der Waals surface area contributed by atoms with Crippen molar-refractivity contribution in [3.63, 3.8) is 0 Å². The van der Waals surface area contributed by atoms with Crippen molar-refractivity contribution in [2.45, 2.75) is 0 Å². The monoisotopic (exact) mass is 374 g/mol. The summed E-state index contributed by atoms with van der Waals surface area (Å²) in [5.74, 6) is -1.12. The number of carbonyl (C=O) groups is 2.